The average Bonchev–Trinajstić information content (AvgIpc) is 3.18. The number of benzene rings is 2. The molecule has 24 heavy (non-hydrogen) atoms. The van der Waals surface area contributed by atoms with Gasteiger partial charge in [-0.2, -0.15) is 5.26 Å². The summed E-state index contributed by atoms with van der Waals surface area (Å²) in [6, 6.07) is 19.4. The smallest absolute Gasteiger partial charge is 0.415 e. The molecule has 0 spiro atoms. The van der Waals surface area contributed by atoms with Crippen molar-refractivity contribution in [3.8, 4) is 6.07 Å². The highest BCUT2D eigenvalue weighted by Crippen LogP contribution is 2.28. The molecule has 0 unspecified atom stereocenters. The highest BCUT2D eigenvalue weighted by atomic mass is 16.6. The number of hydrogen-bond donors (Lipinski definition) is 1. The lowest BCUT2D eigenvalue weighted by Gasteiger charge is -2.19. The van der Waals surface area contributed by atoms with Gasteiger partial charge in [0.2, 0.25) is 0 Å². The number of cyclic esters (lactones) is 1. The van der Waals surface area contributed by atoms with Gasteiger partial charge in [0.25, 0.3) is 0 Å². The summed E-state index contributed by atoms with van der Waals surface area (Å²) in [4.78, 5) is 17.1. The van der Waals surface area contributed by atoms with Gasteiger partial charge in [0, 0.05) is 10.9 Å². The van der Waals surface area contributed by atoms with E-state index in [9.17, 15) is 4.79 Å². The molecule has 1 aliphatic heterocycles. The maximum Gasteiger partial charge on any atom is 0.415 e. The predicted octanol–water partition coefficient (Wildman–Crippen LogP) is 3.61. The molecule has 1 amide bonds. The molecular formula is C19H15N3O2. The fourth-order valence-corrected chi connectivity index (χ4v) is 3.11. The van der Waals surface area contributed by atoms with E-state index in [1.807, 2.05) is 48.5 Å². The van der Waals surface area contributed by atoms with Crippen LogP contribution >= 0.6 is 0 Å². The van der Waals surface area contributed by atoms with Crippen LogP contribution in [0.3, 0.4) is 0 Å². The van der Waals surface area contributed by atoms with Gasteiger partial charge in [-0.25, -0.2) is 4.79 Å². The maximum absolute atomic E-state index is 12.2. The number of aromatic amines is 1. The lowest BCUT2D eigenvalue weighted by Crippen LogP contribution is -2.35. The summed E-state index contributed by atoms with van der Waals surface area (Å²) < 4.78 is 5.26. The van der Waals surface area contributed by atoms with Crippen LogP contribution in [0, 0.1) is 11.3 Å². The van der Waals surface area contributed by atoms with Gasteiger partial charge in [-0.05, 0) is 36.2 Å². The molecule has 1 saturated heterocycles. The number of aromatic nitrogens is 1. The van der Waals surface area contributed by atoms with Crippen LogP contribution in [-0.2, 0) is 11.2 Å². The molecule has 1 aliphatic rings. The van der Waals surface area contributed by atoms with Crippen LogP contribution in [0.25, 0.3) is 10.9 Å². The van der Waals surface area contributed by atoms with Crippen LogP contribution < -0.4 is 4.90 Å². The number of rotatable bonds is 3. The summed E-state index contributed by atoms with van der Waals surface area (Å²) in [6.45, 7) is 0.368. The Labute approximate surface area is 139 Å². The molecule has 5 heteroatoms. The Bertz CT molecular complexity index is 940. The predicted molar refractivity (Wildman–Crippen MR) is 90.8 cm³/mol. The van der Waals surface area contributed by atoms with E-state index in [1.54, 1.807) is 11.0 Å². The molecule has 1 atom stereocenters. The Morgan fingerprint density at radius 2 is 2.04 bits per heavy atom. The molecule has 5 nitrogen and oxygen atoms in total. The molecule has 118 valence electrons. The van der Waals surface area contributed by atoms with Gasteiger partial charge in [-0.1, -0.05) is 30.3 Å². The minimum absolute atomic E-state index is 0.0524. The third-order valence-corrected chi connectivity index (χ3v) is 4.27. The number of amides is 1. The molecule has 1 N–H and O–H groups in total. The van der Waals surface area contributed by atoms with E-state index >= 15 is 0 Å². The van der Waals surface area contributed by atoms with Crippen LogP contribution in [0.2, 0.25) is 0 Å². The normalized spacial score (nSPS) is 17.0. The molecule has 2 aromatic carbocycles. The number of H-pyrrole nitrogens is 1. The van der Waals surface area contributed by atoms with E-state index < -0.39 is 0 Å². The van der Waals surface area contributed by atoms with E-state index in [0.717, 1.165) is 22.9 Å². The number of ether oxygens (including phenoxy) is 1. The van der Waals surface area contributed by atoms with E-state index in [4.69, 9.17) is 10.00 Å². The minimum atomic E-state index is -0.344. The first kappa shape index (κ1) is 14.3. The number of fused-ring (bicyclic) bond motifs is 1. The van der Waals surface area contributed by atoms with Gasteiger partial charge < -0.3 is 9.72 Å². The molecule has 1 aromatic heterocycles. The van der Waals surface area contributed by atoms with E-state index in [2.05, 4.69) is 11.1 Å². The van der Waals surface area contributed by atoms with Crippen LogP contribution in [0.4, 0.5) is 10.6 Å². The van der Waals surface area contributed by atoms with Gasteiger partial charge in [0.1, 0.15) is 12.4 Å². The van der Waals surface area contributed by atoms with Crippen LogP contribution in [-0.4, -0.2) is 23.7 Å². The Kier molecular flexibility index (Phi) is 3.43. The van der Waals surface area contributed by atoms with Gasteiger partial charge in [0.05, 0.1) is 17.7 Å². The van der Waals surface area contributed by atoms with Crippen LogP contribution in [0.15, 0.2) is 54.6 Å². The number of nitrogens with zero attached hydrogens (tertiary/aromatic N) is 2. The Morgan fingerprint density at radius 3 is 2.83 bits per heavy atom. The first-order valence-electron chi connectivity index (χ1n) is 7.77. The van der Waals surface area contributed by atoms with Gasteiger partial charge in [-0.3, -0.25) is 4.90 Å². The van der Waals surface area contributed by atoms with Crippen molar-refractivity contribution >= 4 is 22.8 Å². The molecule has 2 heterocycles. The third-order valence-electron chi connectivity index (χ3n) is 4.27. The SMILES string of the molecule is N#Cc1ccc2[nH]c(N3C(=O)OC[C@@H]3Cc3ccccc3)cc2c1. The second-order valence-corrected chi connectivity index (χ2v) is 5.86. The van der Waals surface area contributed by atoms with Gasteiger partial charge in [0.15, 0.2) is 0 Å². The summed E-state index contributed by atoms with van der Waals surface area (Å²) in [5.41, 5.74) is 2.65. The number of carbonyl (C=O) groups excluding carboxylic acids is 1. The topological polar surface area (TPSA) is 69.1 Å². The highest BCUT2D eigenvalue weighted by molar-refractivity contribution is 5.94. The lowest BCUT2D eigenvalue weighted by atomic mass is 10.1. The van der Waals surface area contributed by atoms with E-state index in [1.165, 1.54) is 0 Å². The number of carbonyl (C=O) groups is 1. The fraction of sp³-hybridized carbons (Fsp3) is 0.158. The largest absolute Gasteiger partial charge is 0.447 e. The minimum Gasteiger partial charge on any atom is -0.447 e. The number of hydrogen-bond acceptors (Lipinski definition) is 3. The van der Waals surface area contributed by atoms with Crippen molar-refractivity contribution in [1.29, 1.82) is 5.26 Å². The molecule has 4 rings (SSSR count). The molecular weight excluding hydrogens is 302 g/mol. The number of nitriles is 1. The standard InChI is InChI=1S/C19H15N3O2/c20-11-14-6-7-17-15(8-14)10-18(21-17)22-16(12-24-19(22)23)9-13-4-2-1-3-5-13/h1-8,10,16,21H,9,12H2/t16-/m0/s1. The first-order chi connectivity index (χ1) is 11.7. The first-order valence-corrected chi connectivity index (χ1v) is 7.77. The summed E-state index contributed by atoms with van der Waals surface area (Å²) in [5, 5.41) is 9.92. The van der Waals surface area contributed by atoms with Crippen molar-refractivity contribution in [3.05, 3.63) is 65.7 Å². The number of anilines is 1. The zero-order valence-electron chi connectivity index (χ0n) is 12.9. The molecule has 0 bridgehead atoms. The molecule has 0 saturated carbocycles. The highest BCUT2D eigenvalue weighted by Gasteiger charge is 2.35. The summed E-state index contributed by atoms with van der Waals surface area (Å²) in [5.74, 6) is 0.698. The Hall–Kier alpha value is -3.26. The van der Waals surface area contributed by atoms with Crippen molar-refractivity contribution in [2.45, 2.75) is 12.5 Å². The summed E-state index contributed by atoms with van der Waals surface area (Å²) in [7, 11) is 0. The molecule has 0 aliphatic carbocycles. The molecule has 1 fully saturated rings. The van der Waals surface area contributed by atoms with Crippen molar-refractivity contribution in [2.24, 2.45) is 0 Å². The zero-order valence-corrected chi connectivity index (χ0v) is 12.9. The Balaban J connectivity index is 1.67. The van der Waals surface area contributed by atoms with Crippen molar-refractivity contribution < 1.29 is 9.53 Å². The van der Waals surface area contributed by atoms with Crippen molar-refractivity contribution in [3.63, 3.8) is 0 Å². The fourth-order valence-electron chi connectivity index (χ4n) is 3.11. The maximum atomic E-state index is 12.2. The van der Waals surface area contributed by atoms with Crippen LogP contribution in [0.1, 0.15) is 11.1 Å². The summed E-state index contributed by atoms with van der Waals surface area (Å²) >= 11 is 0. The van der Waals surface area contributed by atoms with Crippen molar-refractivity contribution in [2.75, 3.05) is 11.5 Å². The van der Waals surface area contributed by atoms with E-state index in [0.29, 0.717) is 18.0 Å². The quantitative estimate of drug-likeness (QED) is 0.802. The monoisotopic (exact) mass is 317 g/mol. The third kappa shape index (κ3) is 2.48. The molecule has 3 aromatic rings. The van der Waals surface area contributed by atoms with Crippen LogP contribution in [0.5, 0.6) is 0 Å². The second kappa shape index (κ2) is 5.74. The van der Waals surface area contributed by atoms with Gasteiger partial charge >= 0.3 is 6.09 Å². The van der Waals surface area contributed by atoms with Crippen molar-refractivity contribution in [1.82, 2.24) is 4.98 Å². The zero-order chi connectivity index (χ0) is 16.5. The second-order valence-electron chi connectivity index (χ2n) is 5.86. The molecule has 0 radical (unpaired) electrons. The van der Waals surface area contributed by atoms with E-state index in [-0.39, 0.29) is 12.1 Å². The average molecular weight is 317 g/mol. The summed E-state index contributed by atoms with van der Waals surface area (Å²) in [6.07, 6.45) is 0.383. The number of nitrogens with one attached hydrogen (secondary N) is 1. The lowest BCUT2D eigenvalue weighted by molar-refractivity contribution is 0.178. The van der Waals surface area contributed by atoms with Gasteiger partial charge in [-0.15, -0.1) is 0 Å². The Morgan fingerprint density at radius 1 is 1.21 bits per heavy atom.